The minimum atomic E-state index is -1.57. The van der Waals surface area contributed by atoms with Gasteiger partial charge in [-0.1, -0.05) is 24.3 Å². The van der Waals surface area contributed by atoms with Crippen molar-refractivity contribution >= 4 is 0 Å². The molecule has 0 radical (unpaired) electrons. The molecule has 0 saturated carbocycles. The van der Waals surface area contributed by atoms with E-state index in [0.717, 1.165) is 0 Å². The molecule has 112 valence electrons. The highest BCUT2D eigenvalue weighted by atomic mass is 16.6. The first kappa shape index (κ1) is 18.2. The maximum Gasteiger partial charge on any atom is 0.184 e. The van der Waals surface area contributed by atoms with Crippen molar-refractivity contribution in [1.82, 2.24) is 0 Å². The molecule has 5 atom stereocenters. The fourth-order valence-electron chi connectivity index (χ4n) is 1.33. The third-order valence-electron chi connectivity index (χ3n) is 2.41. The van der Waals surface area contributed by atoms with Crippen molar-refractivity contribution in [1.29, 1.82) is 0 Å². The Hall–Kier alpha value is -0.800. The highest BCUT2D eigenvalue weighted by Crippen LogP contribution is 2.18. The molecular weight excluding hydrogens is 256 g/mol. The molecule has 0 bridgehead atoms. The number of ether oxygens (including phenoxy) is 1. The van der Waals surface area contributed by atoms with Crippen molar-refractivity contribution in [3.63, 3.8) is 0 Å². The Labute approximate surface area is 111 Å². The molecular formula is C12H22O7. The SMILES string of the molecule is C/C=C/C=C/CO.OC[C@H]1OC(O)[C@H](O)[C@@H](O)[C@@H]1O. The van der Waals surface area contributed by atoms with Crippen LogP contribution in [0.1, 0.15) is 6.92 Å². The normalized spacial score (nSPS) is 35.4. The van der Waals surface area contributed by atoms with Gasteiger partial charge in [-0.3, -0.25) is 0 Å². The van der Waals surface area contributed by atoms with Gasteiger partial charge in [0.2, 0.25) is 0 Å². The van der Waals surface area contributed by atoms with Crippen molar-refractivity contribution in [3.8, 4) is 0 Å². The average Bonchev–Trinajstić information content (AvgIpc) is 2.42. The lowest BCUT2D eigenvalue weighted by atomic mass is 10.00. The van der Waals surface area contributed by atoms with Gasteiger partial charge < -0.3 is 35.4 Å². The summed E-state index contributed by atoms with van der Waals surface area (Å²) in [6.45, 7) is 1.54. The lowest BCUT2D eigenvalue weighted by Gasteiger charge is -2.37. The summed E-state index contributed by atoms with van der Waals surface area (Å²) in [5, 5.41) is 52.8. The molecule has 19 heavy (non-hydrogen) atoms. The second-order valence-electron chi connectivity index (χ2n) is 3.86. The van der Waals surface area contributed by atoms with Gasteiger partial charge in [0.1, 0.15) is 24.4 Å². The van der Waals surface area contributed by atoms with Crippen LogP contribution in [0, 0.1) is 0 Å². The number of hydrogen-bond acceptors (Lipinski definition) is 7. The second-order valence-corrected chi connectivity index (χ2v) is 3.86. The summed E-state index contributed by atoms with van der Waals surface area (Å²) in [4.78, 5) is 0. The molecule has 1 saturated heterocycles. The number of rotatable bonds is 3. The zero-order valence-corrected chi connectivity index (χ0v) is 10.7. The van der Waals surface area contributed by atoms with Crippen LogP contribution in [0.25, 0.3) is 0 Å². The van der Waals surface area contributed by atoms with Crippen LogP contribution in [0.15, 0.2) is 24.3 Å². The highest BCUT2D eigenvalue weighted by molar-refractivity contribution is 5.00. The molecule has 7 heteroatoms. The Morgan fingerprint density at radius 1 is 0.947 bits per heavy atom. The first-order valence-corrected chi connectivity index (χ1v) is 5.86. The van der Waals surface area contributed by atoms with E-state index in [2.05, 4.69) is 4.74 Å². The summed E-state index contributed by atoms with van der Waals surface area (Å²) in [6, 6.07) is 0. The molecule has 0 aromatic carbocycles. The number of allylic oxidation sites excluding steroid dienone is 3. The third kappa shape index (κ3) is 6.26. The van der Waals surface area contributed by atoms with Crippen LogP contribution in [-0.2, 0) is 4.74 Å². The monoisotopic (exact) mass is 278 g/mol. The number of aliphatic hydroxyl groups is 6. The Kier molecular flexibility index (Phi) is 9.62. The van der Waals surface area contributed by atoms with Crippen LogP contribution in [0.5, 0.6) is 0 Å². The van der Waals surface area contributed by atoms with Crippen LogP contribution in [-0.4, -0.2) is 74.6 Å². The minimum Gasteiger partial charge on any atom is -0.394 e. The van der Waals surface area contributed by atoms with Gasteiger partial charge in [0.05, 0.1) is 13.2 Å². The maximum atomic E-state index is 9.12. The predicted molar refractivity (Wildman–Crippen MR) is 67.0 cm³/mol. The first-order chi connectivity index (χ1) is 8.99. The molecule has 0 amide bonds. The van der Waals surface area contributed by atoms with Gasteiger partial charge in [0, 0.05) is 0 Å². The topological polar surface area (TPSA) is 131 Å². The van der Waals surface area contributed by atoms with Crippen LogP contribution in [0.4, 0.5) is 0 Å². The molecule has 1 unspecified atom stereocenters. The molecule has 1 heterocycles. The van der Waals surface area contributed by atoms with Crippen LogP contribution < -0.4 is 0 Å². The van der Waals surface area contributed by atoms with Gasteiger partial charge in [-0.25, -0.2) is 0 Å². The molecule has 1 aliphatic heterocycles. The Bertz CT molecular complexity index is 274. The lowest BCUT2D eigenvalue weighted by Crippen LogP contribution is -2.58. The first-order valence-electron chi connectivity index (χ1n) is 5.86. The molecule has 1 rings (SSSR count). The summed E-state index contributed by atoms with van der Waals surface area (Å²) in [6.07, 6.45) is 0.226. The Morgan fingerprint density at radius 2 is 1.58 bits per heavy atom. The van der Waals surface area contributed by atoms with E-state index in [1.165, 1.54) is 0 Å². The predicted octanol–water partition coefficient (Wildman–Crippen LogP) is -2.11. The third-order valence-corrected chi connectivity index (χ3v) is 2.41. The van der Waals surface area contributed by atoms with Gasteiger partial charge in [-0.05, 0) is 6.92 Å². The molecule has 1 fully saturated rings. The van der Waals surface area contributed by atoms with E-state index in [9.17, 15) is 0 Å². The van der Waals surface area contributed by atoms with Gasteiger partial charge in [-0.2, -0.15) is 0 Å². The van der Waals surface area contributed by atoms with E-state index < -0.39 is 37.3 Å². The largest absolute Gasteiger partial charge is 0.394 e. The highest BCUT2D eigenvalue weighted by Gasteiger charge is 2.42. The molecule has 0 aromatic rings. The summed E-state index contributed by atoms with van der Waals surface area (Å²) in [5.41, 5.74) is 0. The quantitative estimate of drug-likeness (QED) is 0.326. The van der Waals surface area contributed by atoms with E-state index in [1.807, 2.05) is 19.1 Å². The fraction of sp³-hybridized carbons (Fsp3) is 0.667. The Morgan fingerprint density at radius 3 is 2.05 bits per heavy atom. The van der Waals surface area contributed by atoms with Crippen molar-refractivity contribution in [2.24, 2.45) is 0 Å². The lowest BCUT2D eigenvalue weighted by molar-refractivity contribution is -0.286. The number of hydrogen-bond donors (Lipinski definition) is 6. The van der Waals surface area contributed by atoms with Crippen LogP contribution in [0.2, 0.25) is 0 Å². The summed E-state index contributed by atoms with van der Waals surface area (Å²) in [5.74, 6) is 0. The van der Waals surface area contributed by atoms with Crippen LogP contribution >= 0.6 is 0 Å². The second kappa shape index (κ2) is 10.0. The smallest absolute Gasteiger partial charge is 0.184 e. The fourth-order valence-corrected chi connectivity index (χ4v) is 1.33. The summed E-state index contributed by atoms with van der Waals surface area (Å²) < 4.78 is 4.58. The summed E-state index contributed by atoms with van der Waals surface area (Å²) in [7, 11) is 0. The van der Waals surface area contributed by atoms with Gasteiger partial charge >= 0.3 is 0 Å². The standard InChI is InChI=1S/C6H12O6.C6H10O/c7-1-2-3(8)4(9)5(10)6(11)12-2;1-2-3-4-5-6-7/h2-11H,1H2;2-5,7H,6H2,1H3/b;3-2+,5-4+/t2-,3-,4+,5-,6?;/m1./s1. The van der Waals surface area contributed by atoms with E-state index in [1.54, 1.807) is 12.2 Å². The van der Waals surface area contributed by atoms with Crippen molar-refractivity contribution in [3.05, 3.63) is 24.3 Å². The molecule has 6 N–H and O–H groups in total. The molecule has 0 aromatic heterocycles. The molecule has 0 spiro atoms. The van der Waals surface area contributed by atoms with Gasteiger partial charge in [0.15, 0.2) is 6.29 Å². The van der Waals surface area contributed by atoms with Gasteiger partial charge in [-0.15, -0.1) is 0 Å². The molecule has 0 aliphatic carbocycles. The maximum absolute atomic E-state index is 9.12. The molecule has 7 nitrogen and oxygen atoms in total. The average molecular weight is 278 g/mol. The van der Waals surface area contributed by atoms with Crippen LogP contribution in [0.3, 0.4) is 0 Å². The van der Waals surface area contributed by atoms with Gasteiger partial charge in [0.25, 0.3) is 0 Å². The van der Waals surface area contributed by atoms with E-state index >= 15 is 0 Å². The van der Waals surface area contributed by atoms with E-state index in [0.29, 0.717) is 0 Å². The zero-order chi connectivity index (χ0) is 14.8. The van der Waals surface area contributed by atoms with E-state index in [-0.39, 0.29) is 6.61 Å². The van der Waals surface area contributed by atoms with E-state index in [4.69, 9.17) is 30.6 Å². The number of aliphatic hydroxyl groups excluding tert-OH is 6. The Balaban J connectivity index is 0.000000399. The zero-order valence-electron chi connectivity index (χ0n) is 10.7. The molecule has 1 aliphatic rings. The van der Waals surface area contributed by atoms with Crippen molar-refractivity contribution < 1.29 is 35.4 Å². The van der Waals surface area contributed by atoms with Crippen molar-refractivity contribution in [2.45, 2.75) is 37.6 Å². The minimum absolute atomic E-state index is 0.129. The van der Waals surface area contributed by atoms with Crippen molar-refractivity contribution in [2.75, 3.05) is 13.2 Å². The summed E-state index contributed by atoms with van der Waals surface area (Å²) >= 11 is 0.